The number of aromatic nitrogens is 1. The molecule has 4 rings (SSSR count). The second-order valence-corrected chi connectivity index (χ2v) is 8.92. The number of carbonyl (C=O) groups is 3. The number of aryl methyl sites for hydroxylation is 1. The molecule has 9 nitrogen and oxygen atoms in total. The minimum Gasteiger partial charge on any atom is -0.507 e. The molecule has 2 heterocycles. The summed E-state index contributed by atoms with van der Waals surface area (Å²) in [5.41, 5.74) is 3.48. The van der Waals surface area contributed by atoms with Crippen LogP contribution in [0.2, 0.25) is 0 Å². The van der Waals surface area contributed by atoms with Crippen LogP contribution in [0.5, 0.6) is 5.75 Å². The molecular weight excluding hydrogens is 460 g/mol. The first-order valence-corrected chi connectivity index (χ1v) is 12.1. The van der Waals surface area contributed by atoms with Crippen molar-refractivity contribution >= 4 is 17.7 Å². The van der Waals surface area contributed by atoms with Crippen molar-refractivity contribution in [2.75, 3.05) is 26.2 Å². The van der Waals surface area contributed by atoms with Gasteiger partial charge in [-0.05, 0) is 61.6 Å². The SMILES string of the molecule is Cc1cc(CC(=O)N2CCCCNC(=O)c3cccc(c3)-c3cc(ccc3O)CCNC(=O)C2)on1. The molecule has 0 saturated heterocycles. The second-order valence-electron chi connectivity index (χ2n) is 8.92. The lowest BCUT2D eigenvalue weighted by Crippen LogP contribution is -2.42. The molecule has 4 bridgehead atoms. The van der Waals surface area contributed by atoms with Crippen LogP contribution < -0.4 is 10.6 Å². The van der Waals surface area contributed by atoms with Crippen LogP contribution in [0.15, 0.2) is 53.1 Å². The number of rotatable bonds is 2. The average molecular weight is 491 g/mol. The third-order valence-corrected chi connectivity index (χ3v) is 6.06. The highest BCUT2D eigenvalue weighted by molar-refractivity contribution is 5.95. The van der Waals surface area contributed by atoms with Gasteiger partial charge in [0.1, 0.15) is 11.5 Å². The number of fused-ring (bicyclic) bond motifs is 5. The molecule has 0 unspecified atom stereocenters. The number of hydrogen-bond acceptors (Lipinski definition) is 6. The summed E-state index contributed by atoms with van der Waals surface area (Å²) < 4.78 is 5.16. The number of phenolic OH excluding ortho intramolecular Hbond substituents is 1. The van der Waals surface area contributed by atoms with Crippen molar-refractivity contribution in [1.29, 1.82) is 0 Å². The molecule has 0 fully saturated rings. The van der Waals surface area contributed by atoms with Gasteiger partial charge in [-0.1, -0.05) is 23.4 Å². The molecule has 188 valence electrons. The molecule has 0 aliphatic carbocycles. The standard InChI is InChI=1S/C27H30N4O5/c1-18-13-22(36-30-18)16-26(34)31-12-3-2-10-29-27(35)21-6-4-5-20(15-21)23-14-19(7-8-24(23)32)9-11-28-25(33)17-31/h4-8,13-15,32H,2-3,9-12,16-17H2,1H3,(H,28,33)(H,29,35). The van der Waals surface area contributed by atoms with Gasteiger partial charge in [-0.15, -0.1) is 0 Å². The van der Waals surface area contributed by atoms with Gasteiger partial charge in [-0.2, -0.15) is 0 Å². The summed E-state index contributed by atoms with van der Waals surface area (Å²) in [6.07, 6.45) is 1.83. The monoisotopic (exact) mass is 490 g/mol. The first-order chi connectivity index (χ1) is 17.4. The topological polar surface area (TPSA) is 125 Å². The first kappa shape index (κ1) is 25.0. The summed E-state index contributed by atoms with van der Waals surface area (Å²) in [6.45, 7) is 2.91. The summed E-state index contributed by atoms with van der Waals surface area (Å²) in [4.78, 5) is 39.8. The van der Waals surface area contributed by atoms with Crippen LogP contribution in [-0.4, -0.2) is 59.1 Å². The Hall–Kier alpha value is -4.14. The second kappa shape index (κ2) is 11.5. The molecular formula is C27H30N4O5. The van der Waals surface area contributed by atoms with Crippen LogP contribution in [0.4, 0.5) is 0 Å². The minimum atomic E-state index is -0.252. The summed E-state index contributed by atoms with van der Waals surface area (Å²) in [6, 6.07) is 14.1. The normalized spacial score (nSPS) is 15.4. The Kier molecular flexibility index (Phi) is 7.99. The molecule has 0 radical (unpaired) electrons. The highest BCUT2D eigenvalue weighted by Gasteiger charge is 2.19. The van der Waals surface area contributed by atoms with E-state index in [0.29, 0.717) is 61.5 Å². The number of phenols is 1. The lowest BCUT2D eigenvalue weighted by molar-refractivity contribution is -0.135. The van der Waals surface area contributed by atoms with E-state index in [-0.39, 0.29) is 36.4 Å². The van der Waals surface area contributed by atoms with Crippen LogP contribution in [0.25, 0.3) is 11.1 Å². The van der Waals surface area contributed by atoms with E-state index in [1.54, 1.807) is 43.3 Å². The molecule has 36 heavy (non-hydrogen) atoms. The molecule has 1 aliphatic heterocycles. The number of carbonyl (C=O) groups excluding carboxylic acids is 3. The van der Waals surface area contributed by atoms with E-state index < -0.39 is 0 Å². The molecule has 1 aliphatic rings. The Morgan fingerprint density at radius 2 is 1.89 bits per heavy atom. The number of amides is 3. The molecule has 3 N–H and O–H groups in total. The van der Waals surface area contributed by atoms with Gasteiger partial charge in [0.25, 0.3) is 5.91 Å². The molecule has 3 aromatic rings. The molecule has 9 heteroatoms. The zero-order valence-electron chi connectivity index (χ0n) is 20.3. The quantitative estimate of drug-likeness (QED) is 0.507. The Morgan fingerprint density at radius 1 is 1.06 bits per heavy atom. The average Bonchev–Trinajstić information content (AvgIpc) is 3.27. The van der Waals surface area contributed by atoms with E-state index in [1.807, 2.05) is 12.1 Å². The zero-order valence-corrected chi connectivity index (χ0v) is 20.3. The third-order valence-electron chi connectivity index (χ3n) is 6.06. The summed E-state index contributed by atoms with van der Waals surface area (Å²) in [5.74, 6) is -0.111. The number of nitrogens with zero attached hydrogens (tertiary/aromatic N) is 2. The van der Waals surface area contributed by atoms with Crippen molar-refractivity contribution in [3.05, 3.63) is 71.1 Å². The smallest absolute Gasteiger partial charge is 0.251 e. The van der Waals surface area contributed by atoms with Crippen LogP contribution in [0.1, 0.15) is 40.2 Å². The lowest BCUT2D eigenvalue weighted by Gasteiger charge is -2.22. The molecule has 0 atom stereocenters. The predicted molar refractivity (Wildman–Crippen MR) is 133 cm³/mol. The van der Waals surface area contributed by atoms with Gasteiger partial charge in [0.05, 0.1) is 18.7 Å². The molecule has 3 amide bonds. The summed E-state index contributed by atoms with van der Waals surface area (Å²) in [5, 5.41) is 20.0. The zero-order chi connectivity index (χ0) is 25.5. The maximum absolute atomic E-state index is 12.9. The fourth-order valence-electron chi connectivity index (χ4n) is 4.16. The molecule has 1 aromatic heterocycles. The molecule has 0 spiro atoms. The van der Waals surface area contributed by atoms with Gasteiger partial charge in [0.15, 0.2) is 0 Å². The fraction of sp³-hybridized carbons (Fsp3) is 0.333. The van der Waals surface area contributed by atoms with Crippen molar-refractivity contribution in [3.8, 4) is 16.9 Å². The van der Waals surface area contributed by atoms with Gasteiger partial charge >= 0.3 is 0 Å². The Labute approximate surface area is 209 Å². The van der Waals surface area contributed by atoms with E-state index in [1.165, 1.54) is 4.90 Å². The highest BCUT2D eigenvalue weighted by atomic mass is 16.5. The fourth-order valence-corrected chi connectivity index (χ4v) is 4.16. The van der Waals surface area contributed by atoms with E-state index in [4.69, 9.17) is 4.52 Å². The lowest BCUT2D eigenvalue weighted by atomic mass is 9.98. The minimum absolute atomic E-state index is 0.0253. The number of nitrogens with one attached hydrogen (secondary N) is 2. The first-order valence-electron chi connectivity index (χ1n) is 12.1. The maximum Gasteiger partial charge on any atom is 0.251 e. The van der Waals surface area contributed by atoms with Crippen molar-refractivity contribution in [3.63, 3.8) is 0 Å². The van der Waals surface area contributed by atoms with E-state index >= 15 is 0 Å². The van der Waals surface area contributed by atoms with E-state index in [0.717, 1.165) is 11.1 Å². The predicted octanol–water partition coefficient (Wildman–Crippen LogP) is 2.61. The van der Waals surface area contributed by atoms with Gasteiger partial charge in [0.2, 0.25) is 11.8 Å². The van der Waals surface area contributed by atoms with Crippen molar-refractivity contribution in [2.24, 2.45) is 0 Å². The van der Waals surface area contributed by atoms with Gasteiger partial charge in [-0.25, -0.2) is 0 Å². The van der Waals surface area contributed by atoms with Gasteiger partial charge in [-0.3, -0.25) is 14.4 Å². The van der Waals surface area contributed by atoms with Crippen LogP contribution in [0.3, 0.4) is 0 Å². The number of aromatic hydroxyl groups is 1. The molecule has 0 saturated carbocycles. The Bertz CT molecular complexity index is 1250. The van der Waals surface area contributed by atoms with Crippen LogP contribution in [0, 0.1) is 6.92 Å². The van der Waals surface area contributed by atoms with E-state index in [9.17, 15) is 19.5 Å². The largest absolute Gasteiger partial charge is 0.507 e. The number of hydrogen-bond donors (Lipinski definition) is 3. The number of benzene rings is 2. The third kappa shape index (κ3) is 6.50. The Balaban J connectivity index is 1.51. The van der Waals surface area contributed by atoms with Crippen molar-refractivity contribution in [1.82, 2.24) is 20.7 Å². The highest BCUT2D eigenvalue weighted by Crippen LogP contribution is 2.30. The van der Waals surface area contributed by atoms with Crippen LogP contribution in [-0.2, 0) is 22.4 Å². The molecule has 2 aromatic carbocycles. The summed E-state index contributed by atoms with van der Waals surface area (Å²) in [7, 11) is 0. The van der Waals surface area contributed by atoms with Gasteiger partial charge < -0.3 is 25.2 Å². The summed E-state index contributed by atoms with van der Waals surface area (Å²) >= 11 is 0. The van der Waals surface area contributed by atoms with Crippen molar-refractivity contribution in [2.45, 2.75) is 32.6 Å². The van der Waals surface area contributed by atoms with Gasteiger partial charge in [0, 0.05) is 36.8 Å². The van der Waals surface area contributed by atoms with Crippen LogP contribution >= 0.6 is 0 Å². The van der Waals surface area contributed by atoms with Crippen molar-refractivity contribution < 1.29 is 24.0 Å². The Morgan fingerprint density at radius 3 is 2.69 bits per heavy atom. The van der Waals surface area contributed by atoms with E-state index in [2.05, 4.69) is 15.8 Å². The maximum atomic E-state index is 12.9.